The van der Waals surface area contributed by atoms with E-state index in [0.29, 0.717) is 5.56 Å². The summed E-state index contributed by atoms with van der Waals surface area (Å²) in [7, 11) is 0. The summed E-state index contributed by atoms with van der Waals surface area (Å²) >= 11 is 0. The predicted octanol–water partition coefficient (Wildman–Crippen LogP) is 2.01. The Labute approximate surface area is 133 Å². The molecule has 0 bridgehead atoms. The van der Waals surface area contributed by atoms with Crippen molar-refractivity contribution in [2.75, 3.05) is 6.61 Å². The average molecular weight is 322 g/mol. The van der Waals surface area contributed by atoms with E-state index in [-0.39, 0.29) is 5.82 Å². The smallest absolute Gasteiger partial charge is 0.331 e. The SMILES string of the molecule is CC(C)(C)NC(=O)NC(=O)COC(=O)C=Cc1ccc(F)cc1. The van der Waals surface area contributed by atoms with Crippen molar-refractivity contribution in [2.24, 2.45) is 0 Å². The molecule has 1 aromatic carbocycles. The van der Waals surface area contributed by atoms with Crippen molar-refractivity contribution in [3.63, 3.8) is 0 Å². The summed E-state index contributed by atoms with van der Waals surface area (Å²) in [5.41, 5.74) is 0.121. The normalized spacial score (nSPS) is 11.1. The van der Waals surface area contributed by atoms with Crippen LogP contribution in [0.3, 0.4) is 0 Å². The number of amides is 3. The van der Waals surface area contributed by atoms with E-state index in [1.807, 2.05) is 5.32 Å². The minimum atomic E-state index is -0.749. The first-order valence-electron chi connectivity index (χ1n) is 6.88. The Morgan fingerprint density at radius 2 is 1.78 bits per heavy atom. The lowest BCUT2D eigenvalue weighted by molar-refractivity contribution is -0.143. The van der Waals surface area contributed by atoms with Gasteiger partial charge in [-0.25, -0.2) is 14.0 Å². The molecule has 0 atom stereocenters. The van der Waals surface area contributed by atoms with Crippen LogP contribution in [-0.2, 0) is 14.3 Å². The molecule has 23 heavy (non-hydrogen) atoms. The maximum atomic E-state index is 12.7. The van der Waals surface area contributed by atoms with Gasteiger partial charge >= 0.3 is 12.0 Å². The van der Waals surface area contributed by atoms with Crippen LogP contribution >= 0.6 is 0 Å². The van der Waals surface area contributed by atoms with Crippen LogP contribution in [0.1, 0.15) is 26.3 Å². The first-order chi connectivity index (χ1) is 10.7. The van der Waals surface area contributed by atoms with E-state index >= 15 is 0 Å². The van der Waals surface area contributed by atoms with Gasteiger partial charge in [0, 0.05) is 11.6 Å². The van der Waals surface area contributed by atoms with Gasteiger partial charge in [0.25, 0.3) is 5.91 Å². The molecule has 3 amide bonds. The molecule has 0 aliphatic carbocycles. The third-order valence-electron chi connectivity index (χ3n) is 2.37. The zero-order valence-corrected chi connectivity index (χ0v) is 13.2. The standard InChI is InChI=1S/C16H19FN2O4/c1-16(2,3)19-15(22)18-13(20)10-23-14(21)9-6-11-4-7-12(17)8-5-11/h4-9H,10H2,1-3H3,(H2,18,19,20,22). The fourth-order valence-electron chi connectivity index (χ4n) is 1.46. The molecule has 0 heterocycles. The Kier molecular flexibility index (Phi) is 6.44. The third kappa shape index (κ3) is 8.35. The number of hydrogen-bond donors (Lipinski definition) is 2. The van der Waals surface area contributed by atoms with Crippen molar-refractivity contribution < 1.29 is 23.5 Å². The van der Waals surface area contributed by atoms with Gasteiger partial charge in [-0.1, -0.05) is 12.1 Å². The predicted molar refractivity (Wildman–Crippen MR) is 82.8 cm³/mol. The summed E-state index contributed by atoms with van der Waals surface area (Å²) in [5.74, 6) is -1.87. The molecule has 0 aliphatic heterocycles. The second-order valence-corrected chi connectivity index (χ2v) is 5.74. The zero-order valence-electron chi connectivity index (χ0n) is 13.2. The Bertz CT molecular complexity index is 604. The van der Waals surface area contributed by atoms with Gasteiger partial charge in [0.1, 0.15) is 5.82 Å². The molecule has 124 valence electrons. The van der Waals surface area contributed by atoms with Crippen LogP contribution < -0.4 is 10.6 Å². The second-order valence-electron chi connectivity index (χ2n) is 5.74. The Morgan fingerprint density at radius 3 is 2.35 bits per heavy atom. The molecule has 0 fully saturated rings. The van der Waals surface area contributed by atoms with Gasteiger partial charge in [-0.2, -0.15) is 0 Å². The first-order valence-corrected chi connectivity index (χ1v) is 6.88. The van der Waals surface area contributed by atoms with Gasteiger partial charge in [-0.15, -0.1) is 0 Å². The number of ether oxygens (including phenoxy) is 1. The summed E-state index contributed by atoms with van der Waals surface area (Å²) in [5, 5.41) is 4.57. The fourth-order valence-corrected chi connectivity index (χ4v) is 1.46. The van der Waals surface area contributed by atoms with Gasteiger partial charge in [0.05, 0.1) is 0 Å². The van der Waals surface area contributed by atoms with E-state index in [9.17, 15) is 18.8 Å². The number of carbonyl (C=O) groups excluding carboxylic acids is 3. The molecular weight excluding hydrogens is 303 g/mol. The van der Waals surface area contributed by atoms with E-state index in [1.54, 1.807) is 20.8 Å². The Morgan fingerprint density at radius 1 is 1.17 bits per heavy atom. The van der Waals surface area contributed by atoms with Crippen LogP contribution in [0.2, 0.25) is 0 Å². The molecule has 0 aromatic heterocycles. The molecule has 0 saturated carbocycles. The van der Waals surface area contributed by atoms with Gasteiger partial charge in [-0.05, 0) is 44.5 Å². The number of imide groups is 1. The molecule has 1 rings (SSSR count). The van der Waals surface area contributed by atoms with Crippen molar-refractivity contribution in [1.82, 2.24) is 10.6 Å². The number of urea groups is 1. The number of hydrogen-bond acceptors (Lipinski definition) is 4. The van der Waals surface area contributed by atoms with Crippen molar-refractivity contribution in [2.45, 2.75) is 26.3 Å². The van der Waals surface area contributed by atoms with Crippen LogP contribution in [-0.4, -0.2) is 30.1 Å². The van der Waals surface area contributed by atoms with Gasteiger partial charge in [0.2, 0.25) is 0 Å². The van der Waals surface area contributed by atoms with Crippen molar-refractivity contribution >= 4 is 24.0 Å². The van der Waals surface area contributed by atoms with Crippen LogP contribution in [0.25, 0.3) is 6.08 Å². The highest BCUT2D eigenvalue weighted by Crippen LogP contribution is 2.04. The molecule has 0 saturated heterocycles. The maximum absolute atomic E-state index is 12.7. The van der Waals surface area contributed by atoms with Crippen LogP contribution in [0.4, 0.5) is 9.18 Å². The number of benzene rings is 1. The molecule has 0 radical (unpaired) electrons. The fraction of sp³-hybridized carbons (Fsp3) is 0.312. The van der Waals surface area contributed by atoms with Crippen LogP contribution in [0, 0.1) is 5.82 Å². The highest BCUT2D eigenvalue weighted by atomic mass is 19.1. The largest absolute Gasteiger partial charge is 0.452 e. The lowest BCUT2D eigenvalue weighted by Gasteiger charge is -2.20. The molecular formula is C16H19FN2O4. The number of carbonyl (C=O) groups is 3. The molecule has 0 aliphatic rings. The van der Waals surface area contributed by atoms with Crippen LogP contribution in [0.5, 0.6) is 0 Å². The number of halogens is 1. The molecule has 6 nitrogen and oxygen atoms in total. The van der Waals surface area contributed by atoms with Gasteiger partial charge < -0.3 is 10.1 Å². The van der Waals surface area contributed by atoms with Gasteiger partial charge in [0.15, 0.2) is 6.61 Å². The number of esters is 1. The molecule has 0 unspecified atom stereocenters. The topological polar surface area (TPSA) is 84.5 Å². The van der Waals surface area contributed by atoms with E-state index in [2.05, 4.69) is 10.1 Å². The lowest BCUT2D eigenvalue weighted by Crippen LogP contribution is -2.49. The summed E-state index contributed by atoms with van der Waals surface area (Å²) < 4.78 is 17.4. The summed E-state index contributed by atoms with van der Waals surface area (Å²) in [6.45, 7) is 4.70. The summed E-state index contributed by atoms with van der Waals surface area (Å²) in [6, 6.07) is 4.82. The first kappa shape index (κ1) is 18.3. The average Bonchev–Trinajstić information content (AvgIpc) is 2.42. The van der Waals surface area contributed by atoms with Crippen molar-refractivity contribution in [3.8, 4) is 0 Å². The van der Waals surface area contributed by atoms with Gasteiger partial charge in [-0.3, -0.25) is 10.1 Å². The highest BCUT2D eigenvalue weighted by molar-refractivity contribution is 5.96. The zero-order chi connectivity index (χ0) is 17.5. The van der Waals surface area contributed by atoms with E-state index < -0.39 is 30.1 Å². The third-order valence-corrected chi connectivity index (χ3v) is 2.37. The minimum absolute atomic E-state index is 0.380. The number of rotatable bonds is 4. The molecule has 7 heteroatoms. The van der Waals surface area contributed by atoms with E-state index in [4.69, 9.17) is 0 Å². The number of nitrogens with one attached hydrogen (secondary N) is 2. The van der Waals surface area contributed by atoms with Crippen LogP contribution in [0.15, 0.2) is 30.3 Å². The summed E-state index contributed by atoms with van der Waals surface area (Å²) in [4.78, 5) is 34.3. The second kappa shape index (κ2) is 8.07. The van der Waals surface area contributed by atoms with Crippen molar-refractivity contribution in [3.05, 3.63) is 41.7 Å². The molecule has 0 spiro atoms. The minimum Gasteiger partial charge on any atom is -0.452 e. The summed E-state index contributed by atoms with van der Waals surface area (Å²) in [6.07, 6.45) is 2.53. The Balaban J connectivity index is 2.36. The monoisotopic (exact) mass is 322 g/mol. The van der Waals surface area contributed by atoms with E-state index in [1.165, 1.54) is 30.3 Å². The highest BCUT2D eigenvalue weighted by Gasteiger charge is 2.16. The quantitative estimate of drug-likeness (QED) is 0.656. The van der Waals surface area contributed by atoms with Crippen molar-refractivity contribution in [1.29, 1.82) is 0 Å². The Hall–Kier alpha value is -2.70. The molecule has 1 aromatic rings. The maximum Gasteiger partial charge on any atom is 0.331 e. The lowest BCUT2D eigenvalue weighted by atomic mass is 10.1. The van der Waals surface area contributed by atoms with E-state index in [0.717, 1.165) is 6.08 Å². The molecule has 2 N–H and O–H groups in total.